The third kappa shape index (κ3) is 3.93. The van der Waals surface area contributed by atoms with Crippen molar-refractivity contribution in [2.24, 2.45) is 4.99 Å². The van der Waals surface area contributed by atoms with Crippen LogP contribution in [-0.2, 0) is 6.42 Å². The zero-order valence-electron chi connectivity index (χ0n) is 19.1. The number of allylic oxidation sites excluding steroid dienone is 2. The van der Waals surface area contributed by atoms with Crippen molar-refractivity contribution in [2.75, 3.05) is 0 Å². The third-order valence-electron chi connectivity index (χ3n) is 7.16. The Bertz CT molecular complexity index is 1420. The van der Waals surface area contributed by atoms with E-state index in [4.69, 9.17) is 0 Å². The zero-order valence-corrected chi connectivity index (χ0v) is 19.9. The summed E-state index contributed by atoms with van der Waals surface area (Å²) in [4.78, 5) is 5.83. The van der Waals surface area contributed by atoms with Gasteiger partial charge in [-0.3, -0.25) is 4.99 Å². The van der Waals surface area contributed by atoms with E-state index in [1.54, 1.807) is 0 Å². The van der Waals surface area contributed by atoms with Crippen molar-refractivity contribution in [1.29, 1.82) is 0 Å². The number of hydrogen-bond donors (Lipinski definition) is 0. The molecule has 1 nitrogen and oxygen atoms in total. The second-order valence-corrected chi connectivity index (χ2v) is 10.4. The summed E-state index contributed by atoms with van der Waals surface area (Å²) < 4.78 is 0. The highest BCUT2D eigenvalue weighted by atomic mass is 32.2. The highest BCUT2D eigenvalue weighted by molar-refractivity contribution is 8.00. The zero-order chi connectivity index (χ0) is 22.9. The Morgan fingerprint density at radius 3 is 2.53 bits per heavy atom. The highest BCUT2D eigenvalue weighted by Crippen LogP contribution is 2.55. The summed E-state index contributed by atoms with van der Waals surface area (Å²) in [5.41, 5.74) is 6.30. The van der Waals surface area contributed by atoms with Crippen LogP contribution in [0.2, 0.25) is 0 Å². The van der Waals surface area contributed by atoms with E-state index in [-0.39, 0.29) is 0 Å². The van der Waals surface area contributed by atoms with Crippen LogP contribution < -0.4 is 0 Å². The van der Waals surface area contributed by atoms with Crippen LogP contribution in [0.15, 0.2) is 119 Å². The lowest BCUT2D eigenvalue weighted by molar-refractivity contribution is 0.540. The summed E-state index contributed by atoms with van der Waals surface area (Å²) in [6, 6.07) is 33.1. The minimum Gasteiger partial charge on any atom is -0.264 e. The second kappa shape index (κ2) is 9.12. The Kier molecular flexibility index (Phi) is 5.68. The maximum Gasteiger partial charge on any atom is 0.0658 e. The normalized spacial score (nSPS) is 21.3. The first kappa shape index (κ1) is 21.2. The summed E-state index contributed by atoms with van der Waals surface area (Å²) in [6.45, 7) is 3.87. The van der Waals surface area contributed by atoms with E-state index in [9.17, 15) is 0 Å². The Hall–Kier alpha value is -3.36. The van der Waals surface area contributed by atoms with E-state index >= 15 is 0 Å². The van der Waals surface area contributed by atoms with Crippen molar-refractivity contribution in [3.05, 3.63) is 131 Å². The maximum absolute atomic E-state index is 4.39. The van der Waals surface area contributed by atoms with Crippen molar-refractivity contribution in [1.82, 2.24) is 0 Å². The first-order valence-corrected chi connectivity index (χ1v) is 12.9. The molecule has 0 amide bonds. The fourth-order valence-electron chi connectivity index (χ4n) is 5.48. The van der Waals surface area contributed by atoms with E-state index in [1.807, 2.05) is 11.8 Å². The number of aliphatic imine (C=N–C) groups is 1. The summed E-state index contributed by atoms with van der Waals surface area (Å²) in [7, 11) is 0. The van der Waals surface area contributed by atoms with E-state index in [0.717, 1.165) is 24.1 Å². The molecule has 3 unspecified atom stereocenters. The fraction of sp³-hybridized carbons (Fsp3) is 0.156. The molecular formula is C32H27NS. The van der Waals surface area contributed by atoms with Crippen LogP contribution in [0.5, 0.6) is 0 Å². The van der Waals surface area contributed by atoms with Gasteiger partial charge in [-0.1, -0.05) is 91.0 Å². The topological polar surface area (TPSA) is 12.4 Å². The van der Waals surface area contributed by atoms with E-state index in [2.05, 4.69) is 121 Å². The van der Waals surface area contributed by atoms with Gasteiger partial charge >= 0.3 is 0 Å². The molecule has 0 radical (unpaired) electrons. The van der Waals surface area contributed by atoms with Gasteiger partial charge in [0.05, 0.1) is 5.70 Å². The second-order valence-electron chi connectivity index (χ2n) is 9.18. The number of hydrogen-bond acceptors (Lipinski definition) is 2. The van der Waals surface area contributed by atoms with Crippen molar-refractivity contribution in [3.8, 4) is 0 Å². The van der Waals surface area contributed by atoms with Crippen LogP contribution in [0.4, 0.5) is 0 Å². The number of thioether (sulfide) groups is 1. The largest absolute Gasteiger partial charge is 0.264 e. The van der Waals surface area contributed by atoms with Gasteiger partial charge in [0.2, 0.25) is 0 Å². The Morgan fingerprint density at radius 2 is 1.71 bits per heavy atom. The van der Waals surface area contributed by atoms with Crippen molar-refractivity contribution < 1.29 is 0 Å². The molecule has 1 aliphatic heterocycles. The molecule has 0 bridgehead atoms. The fourth-order valence-corrected chi connectivity index (χ4v) is 6.97. The van der Waals surface area contributed by atoms with Gasteiger partial charge in [0, 0.05) is 21.6 Å². The van der Waals surface area contributed by atoms with Gasteiger partial charge in [0.1, 0.15) is 0 Å². The predicted molar refractivity (Wildman–Crippen MR) is 147 cm³/mol. The molecule has 1 aliphatic carbocycles. The molecule has 0 saturated carbocycles. The van der Waals surface area contributed by atoms with Gasteiger partial charge in [0.15, 0.2) is 0 Å². The lowest BCUT2D eigenvalue weighted by atomic mass is 9.74. The lowest BCUT2D eigenvalue weighted by Gasteiger charge is -2.31. The smallest absolute Gasteiger partial charge is 0.0658 e. The Labute approximate surface area is 206 Å². The molecule has 0 spiro atoms. The van der Waals surface area contributed by atoms with Crippen LogP contribution in [-0.4, -0.2) is 12.0 Å². The molecule has 4 aromatic rings. The van der Waals surface area contributed by atoms with Gasteiger partial charge in [-0.25, -0.2) is 0 Å². The molecule has 2 aliphatic rings. The molecule has 4 aromatic carbocycles. The van der Waals surface area contributed by atoms with Crippen molar-refractivity contribution in [3.63, 3.8) is 0 Å². The average Bonchev–Trinajstić information content (AvgIpc) is 3.26. The number of rotatable bonds is 5. The van der Waals surface area contributed by atoms with Crippen LogP contribution in [0.1, 0.15) is 40.5 Å². The molecule has 0 saturated heterocycles. The van der Waals surface area contributed by atoms with Gasteiger partial charge in [0.25, 0.3) is 0 Å². The molecule has 1 heterocycles. The van der Waals surface area contributed by atoms with Crippen LogP contribution >= 0.6 is 11.8 Å². The standard InChI is InChI=1S/C32H27NS/c1-33-29(18-17-22-9-3-2-4-10-22)26-14-7-13-25(19-26)27-15-8-16-30-32(27)28-20-23-11-5-6-12-24(23)21-31(28)34-30/h2-14,16,18-21,27,30,32H,1,15,17H2/b29-18-. The summed E-state index contributed by atoms with van der Waals surface area (Å²) >= 11 is 2.03. The Balaban J connectivity index is 1.35. The average molecular weight is 458 g/mol. The highest BCUT2D eigenvalue weighted by Gasteiger charge is 2.39. The van der Waals surface area contributed by atoms with Crippen molar-refractivity contribution >= 4 is 34.9 Å². The van der Waals surface area contributed by atoms with Crippen molar-refractivity contribution in [2.45, 2.75) is 34.8 Å². The van der Waals surface area contributed by atoms with Crippen LogP contribution in [0.3, 0.4) is 0 Å². The van der Waals surface area contributed by atoms with E-state index in [0.29, 0.717) is 17.1 Å². The van der Waals surface area contributed by atoms with Gasteiger partial charge in [-0.15, -0.1) is 11.8 Å². The monoisotopic (exact) mass is 457 g/mol. The minimum atomic E-state index is 0.463. The molecule has 0 aromatic heterocycles. The molecule has 34 heavy (non-hydrogen) atoms. The molecular weight excluding hydrogens is 430 g/mol. The number of nitrogens with zero attached hydrogens (tertiary/aromatic N) is 1. The molecule has 166 valence electrons. The SMILES string of the molecule is C=N/C(=C\Cc1ccccc1)c1cccc(C2CC=CC3Sc4cc5ccccc5cc4C32)c1. The summed E-state index contributed by atoms with van der Waals surface area (Å²) in [5.74, 6) is 0.961. The van der Waals surface area contributed by atoms with E-state index in [1.165, 1.54) is 32.4 Å². The van der Waals surface area contributed by atoms with Gasteiger partial charge in [-0.05, 0) is 71.1 Å². The first-order chi connectivity index (χ1) is 16.8. The van der Waals surface area contributed by atoms with Crippen LogP contribution in [0, 0.1) is 0 Å². The molecule has 3 atom stereocenters. The predicted octanol–water partition coefficient (Wildman–Crippen LogP) is 8.43. The third-order valence-corrected chi connectivity index (χ3v) is 8.49. The van der Waals surface area contributed by atoms with Gasteiger partial charge < -0.3 is 0 Å². The first-order valence-electron chi connectivity index (χ1n) is 12.0. The summed E-state index contributed by atoms with van der Waals surface area (Å²) in [6.07, 6.45) is 8.93. The number of benzene rings is 4. The summed E-state index contributed by atoms with van der Waals surface area (Å²) in [5, 5.41) is 3.17. The molecule has 6 rings (SSSR count). The maximum atomic E-state index is 4.39. The van der Waals surface area contributed by atoms with Gasteiger partial charge in [-0.2, -0.15) is 0 Å². The Morgan fingerprint density at radius 1 is 0.912 bits per heavy atom. The number of fused-ring (bicyclic) bond motifs is 4. The lowest BCUT2D eigenvalue weighted by Crippen LogP contribution is -2.20. The molecule has 2 heteroatoms. The van der Waals surface area contributed by atoms with E-state index < -0.39 is 0 Å². The minimum absolute atomic E-state index is 0.463. The quantitative estimate of drug-likeness (QED) is 0.216. The van der Waals surface area contributed by atoms with Crippen LogP contribution in [0.25, 0.3) is 16.5 Å². The molecule has 0 N–H and O–H groups in total. The molecule has 0 fully saturated rings.